The second kappa shape index (κ2) is 5.26. The summed E-state index contributed by atoms with van der Waals surface area (Å²) in [6, 6.07) is 10.2. The molecule has 0 unspecified atom stereocenters. The second-order valence-electron chi connectivity index (χ2n) is 5.69. The summed E-state index contributed by atoms with van der Waals surface area (Å²) in [6.07, 6.45) is 3.69. The molecule has 0 amide bonds. The van der Waals surface area contributed by atoms with E-state index in [0.717, 1.165) is 35.9 Å². The number of hydrogen-bond acceptors (Lipinski definition) is 4. The number of fused-ring (bicyclic) bond motifs is 1. The van der Waals surface area contributed by atoms with Crippen molar-refractivity contribution in [1.82, 2.24) is 19.3 Å². The van der Waals surface area contributed by atoms with Crippen molar-refractivity contribution in [3.63, 3.8) is 0 Å². The van der Waals surface area contributed by atoms with Gasteiger partial charge in [-0.1, -0.05) is 17.7 Å². The Morgan fingerprint density at radius 1 is 1.23 bits per heavy atom. The third-order valence-corrected chi connectivity index (χ3v) is 4.12. The van der Waals surface area contributed by atoms with Crippen LogP contribution < -0.4 is 5.32 Å². The van der Waals surface area contributed by atoms with Gasteiger partial charge in [-0.05, 0) is 31.3 Å². The van der Waals surface area contributed by atoms with Crippen LogP contribution in [0, 0.1) is 0 Å². The van der Waals surface area contributed by atoms with E-state index >= 15 is 0 Å². The molecule has 1 N–H and O–H groups in total. The number of pyridine rings is 2. The topological polar surface area (TPSA) is 45.5 Å². The van der Waals surface area contributed by atoms with E-state index in [2.05, 4.69) is 22.2 Å². The first kappa shape index (κ1) is 13.5. The first-order valence-corrected chi connectivity index (χ1v) is 7.62. The van der Waals surface area contributed by atoms with Gasteiger partial charge >= 0.3 is 0 Å². The third-order valence-electron chi connectivity index (χ3n) is 3.90. The molecule has 1 aliphatic rings. The Balaban J connectivity index is 1.67. The van der Waals surface area contributed by atoms with Crippen molar-refractivity contribution < 1.29 is 0 Å². The number of imidazole rings is 1. The van der Waals surface area contributed by atoms with Crippen LogP contribution in [0.2, 0.25) is 5.02 Å². The maximum absolute atomic E-state index is 6.09. The molecule has 1 aliphatic heterocycles. The highest BCUT2D eigenvalue weighted by molar-refractivity contribution is 6.30. The van der Waals surface area contributed by atoms with Gasteiger partial charge in [-0.2, -0.15) is 0 Å². The molecule has 4 rings (SSSR count). The first-order valence-electron chi connectivity index (χ1n) is 7.24. The quantitative estimate of drug-likeness (QED) is 0.807. The fourth-order valence-electron chi connectivity index (χ4n) is 2.80. The highest BCUT2D eigenvalue weighted by Gasteiger charge is 2.23. The third kappa shape index (κ3) is 2.42. The summed E-state index contributed by atoms with van der Waals surface area (Å²) in [7, 11) is 2.12. The molecule has 112 valence electrons. The minimum absolute atomic E-state index is 0.476. The SMILES string of the molecule is CN1CC(Nc2cccc(-c3cnc4ccc(Cl)cn34)n2)C1. The largest absolute Gasteiger partial charge is 0.365 e. The van der Waals surface area contributed by atoms with Crippen LogP contribution in [0.3, 0.4) is 0 Å². The van der Waals surface area contributed by atoms with E-state index < -0.39 is 0 Å². The second-order valence-corrected chi connectivity index (χ2v) is 6.13. The lowest BCUT2D eigenvalue weighted by Crippen LogP contribution is -2.52. The average Bonchev–Trinajstić information content (AvgIpc) is 2.89. The molecule has 0 aromatic carbocycles. The van der Waals surface area contributed by atoms with E-state index in [1.165, 1.54) is 0 Å². The van der Waals surface area contributed by atoms with Gasteiger partial charge in [0.25, 0.3) is 0 Å². The van der Waals surface area contributed by atoms with Crippen molar-refractivity contribution in [3.8, 4) is 11.4 Å². The first-order chi connectivity index (χ1) is 10.7. The van der Waals surface area contributed by atoms with E-state index in [-0.39, 0.29) is 0 Å². The zero-order valence-electron chi connectivity index (χ0n) is 12.2. The zero-order chi connectivity index (χ0) is 15.1. The number of likely N-dealkylation sites (N-methyl/N-ethyl adjacent to an activating group) is 1. The summed E-state index contributed by atoms with van der Waals surface area (Å²) in [5.74, 6) is 0.896. The minimum atomic E-state index is 0.476. The van der Waals surface area contributed by atoms with Crippen LogP contribution in [0.5, 0.6) is 0 Å². The van der Waals surface area contributed by atoms with Crippen LogP contribution in [0.15, 0.2) is 42.7 Å². The van der Waals surface area contributed by atoms with Gasteiger partial charge in [0.15, 0.2) is 0 Å². The highest BCUT2D eigenvalue weighted by Crippen LogP contribution is 2.23. The molecule has 5 nitrogen and oxygen atoms in total. The van der Waals surface area contributed by atoms with Crippen LogP contribution in [0.4, 0.5) is 5.82 Å². The number of nitrogens with one attached hydrogen (secondary N) is 1. The maximum Gasteiger partial charge on any atom is 0.137 e. The number of aromatic nitrogens is 3. The Morgan fingerprint density at radius 2 is 2.09 bits per heavy atom. The Hall–Kier alpha value is -2.11. The smallest absolute Gasteiger partial charge is 0.137 e. The van der Waals surface area contributed by atoms with Crippen molar-refractivity contribution in [1.29, 1.82) is 0 Å². The Morgan fingerprint density at radius 3 is 2.91 bits per heavy atom. The van der Waals surface area contributed by atoms with E-state index in [1.54, 1.807) is 0 Å². The zero-order valence-corrected chi connectivity index (χ0v) is 13.0. The van der Waals surface area contributed by atoms with Gasteiger partial charge in [-0.15, -0.1) is 0 Å². The molecular weight excluding hydrogens is 298 g/mol. The number of likely N-dealkylation sites (tertiary alicyclic amines) is 1. The van der Waals surface area contributed by atoms with Crippen molar-refractivity contribution >= 4 is 23.1 Å². The summed E-state index contributed by atoms with van der Waals surface area (Å²) < 4.78 is 1.96. The van der Waals surface area contributed by atoms with Gasteiger partial charge in [0.05, 0.1) is 28.6 Å². The lowest BCUT2D eigenvalue weighted by molar-refractivity contribution is 0.205. The molecular formula is C16H16ClN5. The predicted molar refractivity (Wildman–Crippen MR) is 88.3 cm³/mol. The normalized spacial score (nSPS) is 15.9. The van der Waals surface area contributed by atoms with Crippen LogP contribution in [-0.4, -0.2) is 45.4 Å². The molecule has 3 aromatic rings. The maximum atomic E-state index is 6.09. The molecule has 0 spiro atoms. The lowest BCUT2D eigenvalue weighted by Gasteiger charge is -2.36. The van der Waals surface area contributed by atoms with Crippen molar-refractivity contribution in [2.24, 2.45) is 0 Å². The van der Waals surface area contributed by atoms with Crippen molar-refractivity contribution in [2.45, 2.75) is 6.04 Å². The van der Waals surface area contributed by atoms with Crippen LogP contribution >= 0.6 is 11.6 Å². The molecule has 4 heterocycles. The van der Waals surface area contributed by atoms with Gasteiger partial charge in [0, 0.05) is 19.3 Å². The predicted octanol–water partition coefficient (Wildman–Crippen LogP) is 2.78. The Kier molecular flexibility index (Phi) is 3.24. The summed E-state index contributed by atoms with van der Waals surface area (Å²) in [6.45, 7) is 2.11. The molecule has 22 heavy (non-hydrogen) atoms. The molecule has 0 aliphatic carbocycles. The fourth-order valence-corrected chi connectivity index (χ4v) is 2.96. The number of nitrogens with zero attached hydrogens (tertiary/aromatic N) is 4. The molecule has 1 fully saturated rings. The summed E-state index contributed by atoms with van der Waals surface area (Å²) in [4.78, 5) is 11.4. The summed E-state index contributed by atoms with van der Waals surface area (Å²) >= 11 is 6.09. The number of rotatable bonds is 3. The molecule has 0 atom stereocenters. The number of halogens is 1. The number of hydrogen-bond donors (Lipinski definition) is 1. The van der Waals surface area contributed by atoms with E-state index in [0.29, 0.717) is 11.1 Å². The molecule has 6 heteroatoms. The van der Waals surface area contributed by atoms with E-state index in [4.69, 9.17) is 16.6 Å². The lowest BCUT2D eigenvalue weighted by atomic mass is 10.1. The van der Waals surface area contributed by atoms with Gasteiger partial charge in [-0.25, -0.2) is 9.97 Å². The van der Waals surface area contributed by atoms with Gasteiger partial charge in [0.2, 0.25) is 0 Å². The monoisotopic (exact) mass is 313 g/mol. The molecule has 0 saturated carbocycles. The van der Waals surface area contributed by atoms with Crippen molar-refractivity contribution in [3.05, 3.63) is 47.7 Å². The van der Waals surface area contributed by atoms with Crippen molar-refractivity contribution in [2.75, 3.05) is 25.5 Å². The van der Waals surface area contributed by atoms with E-state index in [9.17, 15) is 0 Å². The molecule has 1 saturated heterocycles. The summed E-state index contributed by atoms with van der Waals surface area (Å²) in [5, 5.41) is 4.14. The molecule has 0 bridgehead atoms. The van der Waals surface area contributed by atoms with Gasteiger partial charge < -0.3 is 10.2 Å². The molecule has 3 aromatic heterocycles. The Labute approximate surface area is 133 Å². The van der Waals surface area contributed by atoms with Crippen LogP contribution in [0.1, 0.15) is 0 Å². The average molecular weight is 314 g/mol. The standard InChI is InChI=1S/C16H16ClN5/c1-21-9-12(10-21)19-15-4-2-3-13(20-15)14-7-18-16-6-5-11(17)8-22(14)16/h2-8,12H,9-10H2,1H3,(H,19,20). The highest BCUT2D eigenvalue weighted by atomic mass is 35.5. The van der Waals surface area contributed by atoms with Crippen LogP contribution in [0.25, 0.3) is 17.0 Å². The van der Waals surface area contributed by atoms with Gasteiger partial charge in [0.1, 0.15) is 11.5 Å². The van der Waals surface area contributed by atoms with E-state index in [1.807, 2.05) is 47.1 Å². The summed E-state index contributed by atoms with van der Waals surface area (Å²) in [5.41, 5.74) is 2.68. The van der Waals surface area contributed by atoms with Crippen LogP contribution in [-0.2, 0) is 0 Å². The minimum Gasteiger partial charge on any atom is -0.365 e. The van der Waals surface area contributed by atoms with Gasteiger partial charge in [-0.3, -0.25) is 4.40 Å². The number of anilines is 1. The Bertz CT molecular complexity index is 822. The fraction of sp³-hybridized carbons (Fsp3) is 0.250. The molecule has 0 radical (unpaired) electrons.